The largest absolute Gasteiger partial charge is 0.449 e. The van der Waals surface area contributed by atoms with Gasteiger partial charge >= 0.3 is 5.97 Å². The van der Waals surface area contributed by atoms with Gasteiger partial charge in [0.05, 0.1) is 5.56 Å². The number of aryl methyl sites for hydroxylation is 2. The lowest BCUT2D eigenvalue weighted by molar-refractivity contribution is -0.124. The van der Waals surface area contributed by atoms with Crippen LogP contribution >= 0.6 is 0 Å². The van der Waals surface area contributed by atoms with Crippen LogP contribution in [0.25, 0.3) is 0 Å². The molecule has 1 heterocycles. The molecule has 0 aliphatic rings. The number of hydrogen-bond donors (Lipinski definition) is 1. The van der Waals surface area contributed by atoms with E-state index in [1.807, 2.05) is 32.0 Å². The van der Waals surface area contributed by atoms with Gasteiger partial charge < -0.3 is 10.1 Å². The second kappa shape index (κ2) is 7.54. The molecule has 0 bridgehead atoms. The first-order valence-electron chi connectivity index (χ1n) is 7.49. The molecule has 2 rings (SSSR count). The van der Waals surface area contributed by atoms with Crippen LogP contribution in [0.15, 0.2) is 42.7 Å². The molecule has 1 amide bonds. The Kier molecular flexibility index (Phi) is 5.46. The lowest BCUT2D eigenvalue weighted by Crippen LogP contribution is -2.32. The molecule has 0 radical (unpaired) electrons. The average molecular weight is 312 g/mol. The van der Waals surface area contributed by atoms with Gasteiger partial charge in [0.25, 0.3) is 5.91 Å². The van der Waals surface area contributed by atoms with E-state index >= 15 is 0 Å². The average Bonchev–Trinajstić information content (AvgIpc) is 2.52. The first-order chi connectivity index (χ1) is 11.0. The van der Waals surface area contributed by atoms with E-state index < -0.39 is 12.1 Å². The molecule has 120 valence electrons. The summed E-state index contributed by atoms with van der Waals surface area (Å²) in [5.74, 6) is -0.866. The van der Waals surface area contributed by atoms with E-state index in [0.29, 0.717) is 17.7 Å². The van der Waals surface area contributed by atoms with Crippen LogP contribution in [0.5, 0.6) is 0 Å². The van der Waals surface area contributed by atoms with Crippen molar-refractivity contribution < 1.29 is 14.3 Å². The summed E-state index contributed by atoms with van der Waals surface area (Å²) in [5, 5.41) is 2.80. The standard InChI is InChI=1S/C18H20N2O3/c1-4-16(23-18(22)14-5-7-19-8-6-14)17(21)20-15-10-12(2)9-13(3)11-15/h5-11,16H,4H2,1-3H3,(H,20,21). The third-order valence-corrected chi connectivity index (χ3v) is 3.32. The van der Waals surface area contributed by atoms with Crippen molar-refractivity contribution in [1.29, 1.82) is 0 Å². The van der Waals surface area contributed by atoms with Crippen LogP contribution in [-0.4, -0.2) is 23.0 Å². The van der Waals surface area contributed by atoms with Crippen molar-refractivity contribution in [2.75, 3.05) is 5.32 Å². The molecule has 5 heteroatoms. The van der Waals surface area contributed by atoms with Crippen LogP contribution in [-0.2, 0) is 9.53 Å². The number of benzene rings is 1. The smallest absolute Gasteiger partial charge is 0.339 e. The van der Waals surface area contributed by atoms with Crippen molar-refractivity contribution in [1.82, 2.24) is 4.98 Å². The molecule has 0 aliphatic carbocycles. The second-order valence-corrected chi connectivity index (χ2v) is 5.40. The normalized spacial score (nSPS) is 11.6. The lowest BCUT2D eigenvalue weighted by Gasteiger charge is -2.16. The summed E-state index contributed by atoms with van der Waals surface area (Å²) in [7, 11) is 0. The van der Waals surface area contributed by atoms with Gasteiger partial charge in [0.15, 0.2) is 6.10 Å². The minimum Gasteiger partial charge on any atom is -0.449 e. The fourth-order valence-corrected chi connectivity index (χ4v) is 2.28. The minimum atomic E-state index is -0.837. The van der Waals surface area contributed by atoms with E-state index in [-0.39, 0.29) is 5.91 Å². The monoisotopic (exact) mass is 312 g/mol. The zero-order valence-electron chi connectivity index (χ0n) is 13.5. The molecule has 1 unspecified atom stereocenters. The van der Waals surface area contributed by atoms with Crippen molar-refractivity contribution in [3.63, 3.8) is 0 Å². The third-order valence-electron chi connectivity index (χ3n) is 3.32. The molecule has 0 saturated carbocycles. The van der Waals surface area contributed by atoms with Gasteiger partial charge in [0.1, 0.15) is 0 Å². The Balaban J connectivity index is 2.05. The zero-order chi connectivity index (χ0) is 16.8. The molecular formula is C18H20N2O3. The van der Waals surface area contributed by atoms with Gasteiger partial charge in [-0.05, 0) is 55.7 Å². The van der Waals surface area contributed by atoms with Crippen molar-refractivity contribution in [2.24, 2.45) is 0 Å². The van der Waals surface area contributed by atoms with Crippen molar-refractivity contribution in [2.45, 2.75) is 33.3 Å². The molecule has 0 fully saturated rings. The highest BCUT2D eigenvalue weighted by atomic mass is 16.5. The third kappa shape index (κ3) is 4.64. The van der Waals surface area contributed by atoms with Crippen molar-refractivity contribution in [3.8, 4) is 0 Å². The zero-order valence-corrected chi connectivity index (χ0v) is 13.5. The fraction of sp³-hybridized carbons (Fsp3) is 0.278. The van der Waals surface area contributed by atoms with Crippen LogP contribution in [0.3, 0.4) is 0 Å². The summed E-state index contributed by atoms with van der Waals surface area (Å²) < 4.78 is 5.30. The van der Waals surface area contributed by atoms with Gasteiger partial charge in [-0.25, -0.2) is 4.79 Å². The van der Waals surface area contributed by atoms with Gasteiger partial charge in [-0.15, -0.1) is 0 Å². The van der Waals surface area contributed by atoms with Gasteiger partial charge in [-0.1, -0.05) is 13.0 Å². The maximum atomic E-state index is 12.3. The number of pyridine rings is 1. The number of ether oxygens (including phenoxy) is 1. The summed E-state index contributed by atoms with van der Waals surface area (Å²) >= 11 is 0. The van der Waals surface area contributed by atoms with E-state index in [0.717, 1.165) is 11.1 Å². The summed E-state index contributed by atoms with van der Waals surface area (Å²) in [6, 6.07) is 8.88. The van der Waals surface area contributed by atoms with Gasteiger partial charge in [-0.2, -0.15) is 0 Å². The van der Waals surface area contributed by atoms with E-state index in [2.05, 4.69) is 10.3 Å². The number of amides is 1. The first kappa shape index (κ1) is 16.7. The van der Waals surface area contributed by atoms with Gasteiger partial charge in [0, 0.05) is 18.1 Å². The number of rotatable bonds is 5. The molecule has 0 spiro atoms. The predicted molar refractivity (Wildman–Crippen MR) is 88.3 cm³/mol. The first-order valence-corrected chi connectivity index (χ1v) is 7.49. The number of aromatic nitrogens is 1. The molecule has 0 saturated heterocycles. The summed E-state index contributed by atoms with van der Waals surface area (Å²) in [5.41, 5.74) is 3.19. The molecular weight excluding hydrogens is 292 g/mol. The van der Waals surface area contributed by atoms with Crippen molar-refractivity contribution in [3.05, 3.63) is 59.4 Å². The molecule has 1 aromatic heterocycles. The number of hydrogen-bond acceptors (Lipinski definition) is 4. The summed E-state index contributed by atoms with van der Waals surface area (Å²) in [6.07, 6.45) is 2.57. The van der Waals surface area contributed by atoms with Crippen LogP contribution in [0.1, 0.15) is 34.8 Å². The second-order valence-electron chi connectivity index (χ2n) is 5.40. The van der Waals surface area contributed by atoms with E-state index in [9.17, 15) is 9.59 Å². The Labute approximate surface area is 135 Å². The van der Waals surface area contributed by atoms with E-state index in [1.54, 1.807) is 19.1 Å². The van der Waals surface area contributed by atoms with Crippen LogP contribution in [0.4, 0.5) is 5.69 Å². The predicted octanol–water partition coefficient (Wildman–Crippen LogP) is 3.27. The Morgan fingerprint density at radius 1 is 1.13 bits per heavy atom. The maximum absolute atomic E-state index is 12.3. The summed E-state index contributed by atoms with van der Waals surface area (Å²) in [4.78, 5) is 28.2. The number of anilines is 1. The molecule has 1 aromatic carbocycles. The fourth-order valence-electron chi connectivity index (χ4n) is 2.28. The molecule has 23 heavy (non-hydrogen) atoms. The Hall–Kier alpha value is -2.69. The highest BCUT2D eigenvalue weighted by molar-refractivity contribution is 5.97. The highest BCUT2D eigenvalue weighted by Gasteiger charge is 2.22. The summed E-state index contributed by atoms with van der Waals surface area (Å²) in [6.45, 7) is 5.72. The quantitative estimate of drug-likeness (QED) is 0.860. The number of carbonyl (C=O) groups is 2. The lowest BCUT2D eigenvalue weighted by atomic mass is 10.1. The Morgan fingerprint density at radius 3 is 2.30 bits per heavy atom. The minimum absolute atomic E-state index is 0.333. The van der Waals surface area contributed by atoms with E-state index in [1.165, 1.54) is 12.4 Å². The SMILES string of the molecule is CCC(OC(=O)c1ccncc1)C(=O)Nc1cc(C)cc(C)c1. The number of carbonyl (C=O) groups excluding carboxylic acids is 2. The number of esters is 1. The number of nitrogens with one attached hydrogen (secondary N) is 1. The van der Waals surface area contributed by atoms with Crippen molar-refractivity contribution >= 4 is 17.6 Å². The van der Waals surface area contributed by atoms with Gasteiger partial charge in [0.2, 0.25) is 0 Å². The highest BCUT2D eigenvalue weighted by Crippen LogP contribution is 2.15. The van der Waals surface area contributed by atoms with Crippen LogP contribution in [0.2, 0.25) is 0 Å². The molecule has 5 nitrogen and oxygen atoms in total. The van der Waals surface area contributed by atoms with E-state index in [4.69, 9.17) is 4.74 Å². The number of nitrogens with zero attached hydrogens (tertiary/aromatic N) is 1. The van der Waals surface area contributed by atoms with Crippen LogP contribution < -0.4 is 5.32 Å². The Bertz CT molecular complexity index is 678. The molecule has 1 atom stereocenters. The topological polar surface area (TPSA) is 68.3 Å². The molecule has 1 N–H and O–H groups in total. The maximum Gasteiger partial charge on any atom is 0.339 e. The molecule has 0 aliphatic heterocycles. The van der Waals surface area contributed by atoms with Gasteiger partial charge in [-0.3, -0.25) is 9.78 Å². The Morgan fingerprint density at radius 2 is 1.74 bits per heavy atom. The van der Waals surface area contributed by atoms with Crippen LogP contribution in [0, 0.1) is 13.8 Å². The molecule has 2 aromatic rings.